The van der Waals surface area contributed by atoms with Gasteiger partial charge in [0, 0.05) is 42.8 Å². The molecule has 2 aliphatic rings. The molecule has 2 unspecified atom stereocenters. The van der Waals surface area contributed by atoms with Gasteiger partial charge in [0.15, 0.2) is 17.5 Å². The van der Waals surface area contributed by atoms with Gasteiger partial charge in [0.05, 0.1) is 20.3 Å². The molecule has 2 fully saturated rings. The van der Waals surface area contributed by atoms with Crippen molar-refractivity contribution in [2.45, 2.75) is 31.8 Å². The summed E-state index contributed by atoms with van der Waals surface area (Å²) in [6, 6.07) is 5.47. The van der Waals surface area contributed by atoms with Crippen LogP contribution in [-0.2, 0) is 4.74 Å². The lowest BCUT2D eigenvalue weighted by Gasteiger charge is -2.37. The van der Waals surface area contributed by atoms with Crippen molar-refractivity contribution in [2.24, 2.45) is 22.1 Å². The number of guanidine groups is 1. The summed E-state index contributed by atoms with van der Waals surface area (Å²) in [5.41, 5.74) is 6.82. The lowest BCUT2D eigenvalue weighted by atomic mass is 9.76. The normalized spacial score (nSPS) is 25.3. The van der Waals surface area contributed by atoms with E-state index < -0.39 is 0 Å². The summed E-state index contributed by atoms with van der Waals surface area (Å²) in [5, 5.41) is 13.8. The number of nitrogens with two attached hydrogens (primary N) is 1. The number of nitrogens with one attached hydrogen (secondary N) is 1. The predicted molar refractivity (Wildman–Crippen MR) is 101 cm³/mol. The summed E-state index contributed by atoms with van der Waals surface area (Å²) in [6.45, 7) is 2.02. The molecule has 0 bridgehead atoms. The highest BCUT2D eigenvalue weighted by Gasteiger charge is 2.47. The molecule has 7 nitrogen and oxygen atoms in total. The molecule has 2 atom stereocenters. The van der Waals surface area contributed by atoms with Crippen molar-refractivity contribution < 1.29 is 19.3 Å². The van der Waals surface area contributed by atoms with E-state index in [2.05, 4.69) is 10.3 Å². The summed E-state index contributed by atoms with van der Waals surface area (Å²) in [7, 11) is 3.19. The van der Waals surface area contributed by atoms with Crippen molar-refractivity contribution >= 4 is 11.6 Å². The van der Waals surface area contributed by atoms with Gasteiger partial charge in [-0.3, -0.25) is 4.99 Å². The van der Waals surface area contributed by atoms with Crippen LogP contribution in [0.4, 0.5) is 5.69 Å². The number of aliphatic hydroxyl groups excluding tert-OH is 1. The molecular formula is C19H29N3O4. The lowest BCUT2D eigenvalue weighted by Crippen LogP contribution is -2.39. The summed E-state index contributed by atoms with van der Waals surface area (Å²) < 4.78 is 16.0. The molecule has 1 aromatic carbocycles. The molecule has 1 saturated heterocycles. The van der Waals surface area contributed by atoms with Crippen molar-refractivity contribution in [2.75, 3.05) is 39.3 Å². The number of benzene rings is 1. The average molecular weight is 363 g/mol. The maximum Gasteiger partial charge on any atom is 0.193 e. The summed E-state index contributed by atoms with van der Waals surface area (Å²) in [4.78, 5) is 4.45. The number of aliphatic imine (C=N–C) groups is 1. The van der Waals surface area contributed by atoms with Gasteiger partial charge in [-0.05, 0) is 37.8 Å². The van der Waals surface area contributed by atoms with Gasteiger partial charge in [0.25, 0.3) is 0 Å². The predicted octanol–water partition coefficient (Wildman–Crippen LogP) is 2.00. The van der Waals surface area contributed by atoms with Crippen molar-refractivity contribution in [1.29, 1.82) is 0 Å². The van der Waals surface area contributed by atoms with Crippen LogP contribution in [0.3, 0.4) is 0 Å². The molecule has 144 valence electrons. The van der Waals surface area contributed by atoms with Crippen LogP contribution in [0.25, 0.3) is 0 Å². The fourth-order valence-electron chi connectivity index (χ4n) is 4.11. The number of nitrogens with zero attached hydrogens (tertiary/aromatic N) is 1. The van der Waals surface area contributed by atoms with Gasteiger partial charge in [-0.1, -0.05) is 0 Å². The first kappa shape index (κ1) is 18.8. The molecule has 0 radical (unpaired) electrons. The Morgan fingerprint density at radius 1 is 1.27 bits per heavy atom. The second kappa shape index (κ2) is 8.14. The quantitative estimate of drug-likeness (QED) is 0.547. The zero-order valence-corrected chi connectivity index (χ0v) is 15.5. The fourth-order valence-corrected chi connectivity index (χ4v) is 4.11. The molecule has 3 rings (SSSR count). The number of aliphatic hydroxyl groups is 1. The van der Waals surface area contributed by atoms with Gasteiger partial charge < -0.3 is 30.4 Å². The van der Waals surface area contributed by atoms with Gasteiger partial charge in [-0.15, -0.1) is 0 Å². The van der Waals surface area contributed by atoms with Crippen LogP contribution in [0, 0.1) is 11.3 Å². The van der Waals surface area contributed by atoms with E-state index in [-0.39, 0.29) is 17.4 Å². The monoisotopic (exact) mass is 363 g/mol. The number of methoxy groups -OCH3 is 2. The number of hydrogen-bond acceptors (Lipinski definition) is 5. The van der Waals surface area contributed by atoms with E-state index in [0.717, 1.165) is 44.6 Å². The zero-order chi connectivity index (χ0) is 18.6. The summed E-state index contributed by atoms with van der Waals surface area (Å²) >= 11 is 0. The van der Waals surface area contributed by atoms with E-state index >= 15 is 0 Å². The first-order valence-corrected chi connectivity index (χ1v) is 9.13. The van der Waals surface area contributed by atoms with Crippen LogP contribution in [0.1, 0.15) is 25.7 Å². The molecule has 26 heavy (non-hydrogen) atoms. The Balaban J connectivity index is 1.59. The second-order valence-electron chi connectivity index (χ2n) is 7.14. The molecule has 7 heteroatoms. The highest BCUT2D eigenvalue weighted by molar-refractivity contribution is 5.92. The maximum atomic E-state index is 10.8. The third-order valence-electron chi connectivity index (χ3n) is 5.73. The van der Waals surface area contributed by atoms with E-state index in [1.54, 1.807) is 14.2 Å². The highest BCUT2D eigenvalue weighted by atomic mass is 16.5. The Hall–Kier alpha value is -1.99. The molecule has 1 aromatic rings. The minimum atomic E-state index is -0.330. The van der Waals surface area contributed by atoms with E-state index in [0.29, 0.717) is 24.0 Å². The second-order valence-corrected chi connectivity index (χ2v) is 7.14. The molecular weight excluding hydrogens is 334 g/mol. The number of rotatable bonds is 5. The van der Waals surface area contributed by atoms with Gasteiger partial charge in [-0.2, -0.15) is 0 Å². The smallest absolute Gasteiger partial charge is 0.193 e. The Morgan fingerprint density at radius 2 is 2.00 bits per heavy atom. The standard InChI is InChI=1S/C19H29N3O4/c1-24-15-4-3-14(11-16(15)25-2)22-18(20)21-12-13-5-6-19(17(13)23)7-9-26-10-8-19/h3-4,11,13,17,23H,5-10,12H2,1-2H3,(H3,20,21,22). The third kappa shape index (κ3) is 3.88. The Morgan fingerprint density at radius 3 is 2.69 bits per heavy atom. The largest absolute Gasteiger partial charge is 0.493 e. The maximum absolute atomic E-state index is 10.8. The number of anilines is 1. The Labute approximate surface area is 154 Å². The number of ether oxygens (including phenoxy) is 3. The zero-order valence-electron chi connectivity index (χ0n) is 15.5. The lowest BCUT2D eigenvalue weighted by molar-refractivity contribution is -0.0548. The SMILES string of the molecule is COc1ccc(NC(N)=NCC2CCC3(CCOCC3)C2O)cc1OC. The van der Waals surface area contributed by atoms with E-state index in [9.17, 15) is 5.11 Å². The van der Waals surface area contributed by atoms with Crippen LogP contribution in [0.2, 0.25) is 0 Å². The van der Waals surface area contributed by atoms with Crippen molar-refractivity contribution in [3.8, 4) is 11.5 Å². The molecule has 1 aliphatic heterocycles. The summed E-state index contributed by atoms with van der Waals surface area (Å²) in [6.07, 6.45) is 3.57. The van der Waals surface area contributed by atoms with Crippen molar-refractivity contribution in [3.63, 3.8) is 0 Å². The van der Waals surface area contributed by atoms with Crippen molar-refractivity contribution in [3.05, 3.63) is 18.2 Å². The number of hydrogen-bond donors (Lipinski definition) is 3. The first-order chi connectivity index (χ1) is 12.6. The molecule has 0 aromatic heterocycles. The van der Waals surface area contributed by atoms with E-state index in [4.69, 9.17) is 19.9 Å². The Kier molecular flexibility index (Phi) is 5.88. The Bertz CT molecular complexity index is 644. The first-order valence-electron chi connectivity index (χ1n) is 9.13. The molecule has 1 heterocycles. The fraction of sp³-hybridized carbons (Fsp3) is 0.632. The van der Waals surface area contributed by atoms with Crippen LogP contribution in [0.5, 0.6) is 11.5 Å². The van der Waals surface area contributed by atoms with Crippen LogP contribution in [-0.4, -0.2) is 51.1 Å². The third-order valence-corrected chi connectivity index (χ3v) is 5.73. The van der Waals surface area contributed by atoms with Gasteiger partial charge in [-0.25, -0.2) is 0 Å². The van der Waals surface area contributed by atoms with Gasteiger partial charge in [0.1, 0.15) is 0 Å². The highest BCUT2D eigenvalue weighted by Crippen LogP contribution is 2.48. The van der Waals surface area contributed by atoms with Crippen LogP contribution in [0.15, 0.2) is 23.2 Å². The van der Waals surface area contributed by atoms with E-state index in [1.165, 1.54) is 0 Å². The average Bonchev–Trinajstić information content (AvgIpc) is 2.96. The topological polar surface area (TPSA) is 98.3 Å². The molecule has 0 amide bonds. The molecule has 1 aliphatic carbocycles. The van der Waals surface area contributed by atoms with Crippen LogP contribution >= 0.6 is 0 Å². The minimum Gasteiger partial charge on any atom is -0.493 e. The van der Waals surface area contributed by atoms with E-state index in [1.807, 2.05) is 18.2 Å². The van der Waals surface area contributed by atoms with Crippen molar-refractivity contribution in [1.82, 2.24) is 0 Å². The molecule has 1 spiro atoms. The minimum absolute atomic E-state index is 0.0178. The van der Waals surface area contributed by atoms with Gasteiger partial charge >= 0.3 is 0 Å². The molecule has 4 N–H and O–H groups in total. The van der Waals surface area contributed by atoms with Crippen LogP contribution < -0.4 is 20.5 Å². The molecule has 1 saturated carbocycles. The van der Waals surface area contributed by atoms with Gasteiger partial charge in [0.2, 0.25) is 0 Å². The summed E-state index contributed by atoms with van der Waals surface area (Å²) in [5.74, 6) is 1.76.